The molecule has 28 heavy (non-hydrogen) atoms. The Kier molecular flexibility index (Phi) is 4.47. The first-order chi connectivity index (χ1) is 13.0. The summed E-state index contributed by atoms with van der Waals surface area (Å²) >= 11 is 4.98. The topological polar surface area (TPSA) is 61.4 Å². The third kappa shape index (κ3) is 2.73. The van der Waals surface area contributed by atoms with Gasteiger partial charge in [0.1, 0.15) is 5.70 Å². The van der Waals surface area contributed by atoms with Crippen LogP contribution in [0.25, 0.3) is 5.69 Å². The first-order valence-electron chi connectivity index (χ1n) is 7.71. The molecule has 1 aliphatic rings. The molecule has 0 atom stereocenters. The van der Waals surface area contributed by atoms with Gasteiger partial charge >= 0.3 is 17.5 Å². The van der Waals surface area contributed by atoms with Gasteiger partial charge in [0.25, 0.3) is 0 Å². The fourth-order valence-electron chi connectivity index (χ4n) is 2.74. The molecule has 0 spiro atoms. The summed E-state index contributed by atoms with van der Waals surface area (Å²) < 4.78 is 49.6. The number of anilines is 1. The highest BCUT2D eigenvalue weighted by atomic mass is 32.1. The average Bonchev–Trinajstić information content (AvgIpc) is 2.63. The van der Waals surface area contributed by atoms with E-state index in [0.29, 0.717) is 10.6 Å². The van der Waals surface area contributed by atoms with Gasteiger partial charge in [-0.15, -0.1) is 6.42 Å². The molecule has 0 saturated heterocycles. The van der Waals surface area contributed by atoms with E-state index >= 15 is 0 Å². The highest BCUT2D eigenvalue weighted by Crippen LogP contribution is 2.44. The molecular weight excluding hydrogens is 397 g/mol. The molecule has 0 N–H and O–H groups in total. The van der Waals surface area contributed by atoms with E-state index in [4.69, 9.17) is 18.6 Å². The number of fused-ring (bicyclic) bond motifs is 1. The minimum Gasteiger partial charge on any atom is -0.425 e. The molecule has 0 saturated carbocycles. The van der Waals surface area contributed by atoms with Crippen LogP contribution in [0.3, 0.4) is 0 Å². The maximum Gasteiger partial charge on any atom is 0.441 e. The molecule has 0 unspecified atom stereocenters. The van der Waals surface area contributed by atoms with E-state index in [1.54, 1.807) is 0 Å². The molecule has 2 heterocycles. The van der Waals surface area contributed by atoms with Crippen LogP contribution in [0.4, 0.5) is 18.9 Å². The van der Waals surface area contributed by atoms with E-state index in [1.165, 1.54) is 14.1 Å². The van der Waals surface area contributed by atoms with Crippen LogP contribution in [0.1, 0.15) is 0 Å². The van der Waals surface area contributed by atoms with Gasteiger partial charge in [-0.3, -0.25) is 9.13 Å². The maximum atomic E-state index is 14.7. The van der Waals surface area contributed by atoms with E-state index in [2.05, 4.69) is 17.2 Å². The van der Waals surface area contributed by atoms with Gasteiger partial charge in [0, 0.05) is 20.2 Å². The van der Waals surface area contributed by atoms with Crippen molar-refractivity contribution in [2.24, 2.45) is 14.1 Å². The molecule has 146 valence electrons. The van der Waals surface area contributed by atoms with E-state index in [9.17, 15) is 22.8 Å². The summed E-state index contributed by atoms with van der Waals surface area (Å²) in [7, 11) is 2.63. The van der Waals surface area contributed by atoms with Crippen molar-refractivity contribution in [3.63, 3.8) is 0 Å². The van der Waals surface area contributed by atoms with Crippen LogP contribution < -0.4 is 21.0 Å². The Morgan fingerprint density at radius 3 is 2.32 bits per heavy atom. The Balaban J connectivity index is 2.37. The van der Waals surface area contributed by atoms with Gasteiger partial charge in [0.15, 0.2) is 16.3 Å². The molecule has 1 aromatic heterocycles. The number of benzene rings is 1. The highest BCUT2D eigenvalue weighted by molar-refractivity contribution is 7.71. The van der Waals surface area contributed by atoms with Gasteiger partial charge in [-0.1, -0.05) is 12.5 Å². The highest BCUT2D eigenvalue weighted by Gasteiger charge is 2.45. The van der Waals surface area contributed by atoms with Crippen LogP contribution in [-0.4, -0.2) is 26.4 Å². The quantitative estimate of drug-likeness (QED) is 0.557. The first-order valence-corrected chi connectivity index (χ1v) is 8.12. The Hall–Kier alpha value is -3.26. The molecule has 0 bridgehead atoms. The van der Waals surface area contributed by atoms with Crippen molar-refractivity contribution in [3.05, 3.63) is 56.0 Å². The second-order valence-electron chi connectivity index (χ2n) is 5.93. The van der Waals surface area contributed by atoms with Gasteiger partial charge < -0.3 is 9.64 Å². The van der Waals surface area contributed by atoms with Crippen LogP contribution in [0, 0.1) is 22.9 Å². The van der Waals surface area contributed by atoms with E-state index in [-0.39, 0.29) is 17.0 Å². The summed E-state index contributed by atoms with van der Waals surface area (Å²) in [5, 5.41) is 0. The second kappa shape index (κ2) is 6.42. The van der Waals surface area contributed by atoms with Gasteiger partial charge in [-0.05, 0) is 18.3 Å². The fraction of sp³-hybridized carbons (Fsp3) is 0.235. The largest absolute Gasteiger partial charge is 0.441 e. The van der Waals surface area contributed by atoms with Crippen LogP contribution in [-0.2, 0) is 14.1 Å². The van der Waals surface area contributed by atoms with Crippen molar-refractivity contribution in [1.29, 1.82) is 0 Å². The van der Waals surface area contributed by atoms with Crippen molar-refractivity contribution in [1.82, 2.24) is 13.7 Å². The SMILES string of the molecule is C#CCN1C(=C)C(F)(F)Oc2cc(F)c(-n3c(=O)n(C)c(=S)n(C)c3=O)cc21. The Bertz CT molecular complexity index is 1200. The molecule has 0 fully saturated rings. The minimum atomic E-state index is -3.80. The lowest BCUT2D eigenvalue weighted by molar-refractivity contribution is -0.147. The molecule has 0 aliphatic carbocycles. The molecule has 1 aromatic carbocycles. The predicted octanol–water partition coefficient (Wildman–Crippen LogP) is 1.68. The summed E-state index contributed by atoms with van der Waals surface area (Å²) in [6, 6.07) is 1.68. The van der Waals surface area contributed by atoms with E-state index in [1.807, 2.05) is 0 Å². The lowest BCUT2D eigenvalue weighted by Gasteiger charge is -2.36. The summed E-state index contributed by atoms with van der Waals surface area (Å²) in [4.78, 5) is 26.0. The number of hydrogen-bond acceptors (Lipinski definition) is 5. The molecule has 7 nitrogen and oxygen atoms in total. The smallest absolute Gasteiger partial charge is 0.425 e. The van der Waals surface area contributed by atoms with Gasteiger partial charge in [0.05, 0.1) is 17.9 Å². The Labute approximate surface area is 161 Å². The van der Waals surface area contributed by atoms with Crippen molar-refractivity contribution < 1.29 is 17.9 Å². The summed E-state index contributed by atoms with van der Waals surface area (Å²) in [5.41, 5.74) is -3.11. The van der Waals surface area contributed by atoms with Crippen molar-refractivity contribution in [2.45, 2.75) is 6.11 Å². The normalized spacial score (nSPS) is 15.0. The zero-order chi connectivity index (χ0) is 21.0. The third-order valence-corrected chi connectivity index (χ3v) is 4.79. The summed E-state index contributed by atoms with van der Waals surface area (Å²) in [5.74, 6) is 0.562. The number of halogens is 3. The number of nitrogens with zero attached hydrogens (tertiary/aromatic N) is 4. The average molecular weight is 410 g/mol. The van der Waals surface area contributed by atoms with Crippen molar-refractivity contribution >= 4 is 17.9 Å². The van der Waals surface area contributed by atoms with Gasteiger partial charge in [0.2, 0.25) is 0 Å². The van der Waals surface area contributed by atoms with Crippen molar-refractivity contribution in [2.75, 3.05) is 11.4 Å². The number of alkyl halides is 2. The Morgan fingerprint density at radius 1 is 1.21 bits per heavy atom. The molecule has 0 amide bonds. The predicted molar refractivity (Wildman–Crippen MR) is 97.9 cm³/mol. The van der Waals surface area contributed by atoms with Crippen LogP contribution >= 0.6 is 12.2 Å². The lowest BCUT2D eigenvalue weighted by Crippen LogP contribution is -2.45. The molecule has 11 heteroatoms. The standard InChI is InChI=1S/C17H13F3N4O3S/c1-5-6-23-9(2)17(19,20)27-13-7-10(18)11(8-12(13)23)24-14(25)21(3)16(28)22(4)15(24)26/h1,7-8H,2,6H2,3-4H3. The first kappa shape index (κ1) is 19.5. The molecular formula is C17H13F3N4O3S. The van der Waals surface area contributed by atoms with Crippen molar-refractivity contribution in [3.8, 4) is 23.8 Å². The lowest BCUT2D eigenvalue weighted by atomic mass is 10.1. The van der Waals surface area contributed by atoms with Crippen LogP contribution in [0.15, 0.2) is 34.0 Å². The van der Waals surface area contributed by atoms with E-state index < -0.39 is 40.4 Å². The second-order valence-corrected chi connectivity index (χ2v) is 6.29. The fourth-order valence-corrected chi connectivity index (χ4v) is 2.90. The molecule has 0 radical (unpaired) electrons. The van der Waals surface area contributed by atoms with E-state index in [0.717, 1.165) is 20.1 Å². The molecule has 2 aromatic rings. The summed E-state index contributed by atoms with van der Waals surface area (Å²) in [6.07, 6.45) is 1.43. The van der Waals surface area contributed by atoms with Crippen LogP contribution in [0.2, 0.25) is 0 Å². The maximum absolute atomic E-state index is 14.7. The minimum absolute atomic E-state index is 0.0654. The monoisotopic (exact) mass is 410 g/mol. The number of hydrogen-bond donors (Lipinski definition) is 0. The zero-order valence-corrected chi connectivity index (χ0v) is 15.5. The van der Waals surface area contributed by atoms with Crippen LogP contribution in [0.5, 0.6) is 5.75 Å². The summed E-state index contributed by atoms with van der Waals surface area (Å²) in [6.45, 7) is 2.96. The zero-order valence-electron chi connectivity index (χ0n) is 14.7. The number of terminal acetylenes is 1. The number of rotatable bonds is 2. The van der Waals surface area contributed by atoms with Gasteiger partial charge in [-0.25, -0.2) is 18.5 Å². The molecule has 1 aliphatic heterocycles. The Morgan fingerprint density at radius 2 is 1.79 bits per heavy atom. The number of aromatic nitrogens is 3. The molecule has 3 rings (SSSR count). The third-order valence-electron chi connectivity index (χ3n) is 4.24. The van der Waals surface area contributed by atoms with Gasteiger partial charge in [-0.2, -0.15) is 8.78 Å². The number of ether oxygens (including phenoxy) is 1.